The molecule has 10 heteroatoms. The standard InChI is InChI=1S/C25H29N8O2/c1-4-5-13-32-21-22(29-24(32)31-12-8-9-17(26)14-31)30(3)25(35)33(23(21)34)15-20-27-16(2)18-10-6-7-11-19(18)28-20/h4,6-7,10-11,13,17,21H,8-9,12,14-15,26H2,1-3H3/q+1/t5?,17-,21?/m1/s1. The number of guanidine groups is 1. The molecule has 4 heterocycles. The highest BCUT2D eigenvalue weighted by atomic mass is 16.2. The highest BCUT2D eigenvalue weighted by Gasteiger charge is 2.56. The van der Waals surface area contributed by atoms with Crippen molar-refractivity contribution in [3.8, 4) is 0 Å². The second kappa shape index (κ2) is 9.05. The third kappa shape index (κ3) is 4.00. The number of nitrogens with zero attached hydrogens (tertiary/aromatic N) is 7. The van der Waals surface area contributed by atoms with Crippen LogP contribution < -0.4 is 5.73 Å². The second-order valence-corrected chi connectivity index (χ2v) is 9.02. The molecule has 35 heavy (non-hydrogen) atoms. The number of imide groups is 1. The fourth-order valence-corrected chi connectivity index (χ4v) is 4.84. The number of hydrogen-bond acceptors (Lipinski definition) is 5. The Morgan fingerprint density at radius 1 is 1.26 bits per heavy atom. The van der Waals surface area contributed by atoms with Gasteiger partial charge in [-0.1, -0.05) is 28.9 Å². The largest absolute Gasteiger partial charge is 0.397 e. The smallest absolute Gasteiger partial charge is 0.325 e. The summed E-state index contributed by atoms with van der Waals surface area (Å²) in [7, 11) is 1.64. The molecule has 3 aliphatic rings. The highest BCUT2D eigenvalue weighted by Crippen LogP contribution is 2.26. The van der Waals surface area contributed by atoms with Gasteiger partial charge in [0, 0.05) is 24.2 Å². The molecule has 2 fully saturated rings. The van der Waals surface area contributed by atoms with Gasteiger partial charge in [-0.2, -0.15) is 0 Å². The predicted molar refractivity (Wildman–Crippen MR) is 132 cm³/mol. The molecule has 1 aromatic carbocycles. The van der Waals surface area contributed by atoms with Gasteiger partial charge in [0.1, 0.15) is 12.0 Å². The van der Waals surface area contributed by atoms with Crippen molar-refractivity contribution in [2.24, 2.45) is 10.7 Å². The number of aryl methyl sites for hydroxylation is 1. The molecular weight excluding hydrogens is 444 g/mol. The Morgan fingerprint density at radius 2 is 2.06 bits per heavy atom. The van der Waals surface area contributed by atoms with Crippen LogP contribution in [0.1, 0.15) is 31.3 Å². The highest BCUT2D eigenvalue weighted by molar-refractivity contribution is 6.25. The van der Waals surface area contributed by atoms with Crippen LogP contribution in [0.4, 0.5) is 4.79 Å². The Morgan fingerprint density at radius 3 is 2.83 bits per heavy atom. The number of piperidine rings is 1. The van der Waals surface area contributed by atoms with Gasteiger partial charge >= 0.3 is 12.0 Å². The molecule has 180 valence electrons. The van der Waals surface area contributed by atoms with Crippen molar-refractivity contribution in [2.75, 3.05) is 20.1 Å². The van der Waals surface area contributed by atoms with E-state index in [2.05, 4.69) is 20.3 Å². The zero-order chi connectivity index (χ0) is 24.7. The molecule has 5 rings (SSSR count). The van der Waals surface area contributed by atoms with Gasteiger partial charge in [0.05, 0.1) is 25.2 Å². The first-order valence-electron chi connectivity index (χ1n) is 11.8. The number of hydrogen-bond donors (Lipinski definition) is 1. The summed E-state index contributed by atoms with van der Waals surface area (Å²) >= 11 is 0. The summed E-state index contributed by atoms with van der Waals surface area (Å²) in [6.45, 7) is 5.15. The Hall–Kier alpha value is -3.88. The molecule has 0 bridgehead atoms. The van der Waals surface area contributed by atoms with Crippen LogP contribution in [0, 0.1) is 6.92 Å². The van der Waals surface area contributed by atoms with Crippen molar-refractivity contribution < 1.29 is 14.2 Å². The lowest BCUT2D eigenvalue weighted by atomic mass is 10.1. The SMILES string of the molecule is CC=C=CN1C(=[N+]2CCC[C@@H](N)C2)N=C2C1C(=O)N(Cc1nc(C)c3ccccc3n1)C(=O)N2C. The van der Waals surface area contributed by atoms with Crippen LogP contribution >= 0.6 is 0 Å². The quantitative estimate of drug-likeness (QED) is 0.535. The van der Waals surface area contributed by atoms with Gasteiger partial charge < -0.3 is 5.73 Å². The van der Waals surface area contributed by atoms with Gasteiger partial charge in [0.2, 0.25) is 11.9 Å². The maximum absolute atomic E-state index is 13.8. The van der Waals surface area contributed by atoms with E-state index in [1.807, 2.05) is 38.1 Å². The number of aliphatic imine (C=N–C) groups is 1. The van der Waals surface area contributed by atoms with E-state index < -0.39 is 12.1 Å². The number of nitrogens with two attached hydrogens (primary N) is 1. The summed E-state index contributed by atoms with van der Waals surface area (Å²) in [5.41, 5.74) is 10.9. The molecule has 0 spiro atoms. The summed E-state index contributed by atoms with van der Waals surface area (Å²) in [5.74, 6) is 1.06. The summed E-state index contributed by atoms with van der Waals surface area (Å²) in [6, 6.07) is 6.49. The van der Waals surface area contributed by atoms with Gasteiger partial charge in [-0.25, -0.2) is 19.7 Å². The maximum atomic E-state index is 13.8. The number of rotatable bonds is 3. The summed E-state index contributed by atoms with van der Waals surface area (Å²) in [5, 5.41) is 0.941. The number of benzene rings is 1. The summed E-state index contributed by atoms with van der Waals surface area (Å²) in [4.78, 5) is 45.4. The van der Waals surface area contributed by atoms with E-state index in [1.54, 1.807) is 24.2 Å². The average molecular weight is 474 g/mol. The van der Waals surface area contributed by atoms with Crippen LogP contribution in [-0.2, 0) is 11.3 Å². The number of fused-ring (bicyclic) bond motifs is 2. The number of aromatic nitrogens is 2. The lowest BCUT2D eigenvalue weighted by molar-refractivity contribution is -0.544. The molecule has 3 aliphatic heterocycles. The molecule has 2 saturated heterocycles. The number of carbonyl (C=O) groups is 2. The first-order valence-corrected chi connectivity index (χ1v) is 11.8. The minimum Gasteiger partial charge on any atom is -0.325 e. The molecule has 10 nitrogen and oxygen atoms in total. The molecule has 2 N–H and O–H groups in total. The van der Waals surface area contributed by atoms with E-state index >= 15 is 0 Å². The summed E-state index contributed by atoms with van der Waals surface area (Å²) < 4.78 is 2.08. The van der Waals surface area contributed by atoms with Gasteiger partial charge in [0.15, 0.2) is 0 Å². The zero-order valence-electron chi connectivity index (χ0n) is 20.2. The first kappa shape index (κ1) is 22.9. The van der Waals surface area contributed by atoms with E-state index in [0.29, 0.717) is 24.2 Å². The van der Waals surface area contributed by atoms with Crippen molar-refractivity contribution in [3.05, 3.63) is 53.8 Å². The molecule has 0 radical (unpaired) electrons. The number of carbonyl (C=O) groups excluding carboxylic acids is 2. The molecule has 2 atom stereocenters. The van der Waals surface area contributed by atoms with Gasteiger partial charge in [0.25, 0.3) is 5.91 Å². The Balaban J connectivity index is 1.53. The third-order valence-electron chi connectivity index (χ3n) is 6.59. The molecule has 1 aromatic heterocycles. The van der Waals surface area contributed by atoms with E-state index in [-0.39, 0.29) is 18.5 Å². The van der Waals surface area contributed by atoms with Gasteiger partial charge in [-0.3, -0.25) is 19.2 Å². The van der Waals surface area contributed by atoms with Crippen LogP contribution in [0.3, 0.4) is 0 Å². The Kier molecular flexibility index (Phi) is 5.92. The number of amides is 3. The van der Waals surface area contributed by atoms with Crippen LogP contribution in [0.5, 0.6) is 0 Å². The van der Waals surface area contributed by atoms with Crippen molar-refractivity contribution in [1.29, 1.82) is 0 Å². The van der Waals surface area contributed by atoms with Crippen LogP contribution in [-0.4, -0.2) is 85.2 Å². The number of amidine groups is 1. The third-order valence-corrected chi connectivity index (χ3v) is 6.59. The topological polar surface area (TPSA) is 111 Å². The van der Waals surface area contributed by atoms with Crippen molar-refractivity contribution in [1.82, 2.24) is 24.7 Å². The van der Waals surface area contributed by atoms with Crippen molar-refractivity contribution in [2.45, 2.75) is 45.3 Å². The number of para-hydroxylation sites is 1. The monoisotopic (exact) mass is 473 g/mol. The minimum absolute atomic E-state index is 0.0252. The van der Waals surface area contributed by atoms with Crippen LogP contribution in [0.25, 0.3) is 10.9 Å². The molecule has 1 unspecified atom stereocenters. The molecule has 0 aliphatic carbocycles. The van der Waals surface area contributed by atoms with E-state index in [9.17, 15) is 9.59 Å². The summed E-state index contributed by atoms with van der Waals surface area (Å²) in [6.07, 6.45) is 5.37. The number of allylic oxidation sites excluding steroid dienone is 1. The van der Waals surface area contributed by atoms with Crippen LogP contribution in [0.15, 0.2) is 47.3 Å². The van der Waals surface area contributed by atoms with E-state index in [0.717, 1.165) is 36.0 Å². The molecule has 0 saturated carbocycles. The van der Waals surface area contributed by atoms with Gasteiger partial charge in [-0.15, -0.1) is 0 Å². The second-order valence-electron chi connectivity index (χ2n) is 9.02. The maximum Gasteiger partial charge on any atom is 0.397 e. The van der Waals surface area contributed by atoms with E-state index in [4.69, 9.17) is 10.7 Å². The predicted octanol–water partition coefficient (Wildman–Crippen LogP) is 1.59. The average Bonchev–Trinajstić information content (AvgIpc) is 3.24. The van der Waals surface area contributed by atoms with Crippen molar-refractivity contribution in [3.63, 3.8) is 0 Å². The Bertz CT molecular complexity index is 1340. The van der Waals surface area contributed by atoms with Gasteiger partial charge in [-0.05, 0) is 38.8 Å². The zero-order valence-corrected chi connectivity index (χ0v) is 20.2. The van der Waals surface area contributed by atoms with Crippen molar-refractivity contribution >= 4 is 34.6 Å². The molecule has 2 aromatic rings. The number of likely N-dealkylation sites (N-methyl/N-ethyl adjacent to an activating group) is 1. The first-order chi connectivity index (χ1) is 16.9. The number of urea groups is 1. The molecule has 3 amide bonds. The minimum atomic E-state index is -0.778. The lowest BCUT2D eigenvalue weighted by Crippen LogP contribution is -2.63. The van der Waals surface area contributed by atoms with E-state index in [1.165, 1.54) is 9.80 Å². The molecular formula is C25H29N8O2+. The Labute approximate surface area is 203 Å². The normalized spacial score (nSPS) is 24.5. The van der Waals surface area contributed by atoms with Crippen LogP contribution in [0.2, 0.25) is 0 Å². The fraction of sp³-hybridized carbons (Fsp3) is 0.400. The fourth-order valence-electron chi connectivity index (χ4n) is 4.84. The lowest BCUT2D eigenvalue weighted by Gasteiger charge is -2.34.